The van der Waals surface area contributed by atoms with Crippen molar-refractivity contribution in [1.29, 1.82) is 0 Å². The first-order valence-electron chi connectivity index (χ1n) is 10.7. The lowest BCUT2D eigenvalue weighted by Crippen LogP contribution is -2.44. The first-order chi connectivity index (χ1) is 13.0. The number of rotatable bonds is 9. The third-order valence-corrected chi connectivity index (χ3v) is 6.84. The zero-order valence-corrected chi connectivity index (χ0v) is 16.9. The summed E-state index contributed by atoms with van der Waals surface area (Å²) in [6.45, 7) is 7.70. The number of hydrogen-bond donors (Lipinski definition) is 2. The fraction of sp³-hybridized carbons (Fsp3) is 0.810. The van der Waals surface area contributed by atoms with Gasteiger partial charge in [-0.05, 0) is 64.4 Å². The molecule has 2 saturated carbocycles. The van der Waals surface area contributed by atoms with Crippen LogP contribution in [0.15, 0.2) is 6.07 Å². The van der Waals surface area contributed by atoms with E-state index in [1.165, 1.54) is 31.4 Å². The molecule has 2 heterocycles. The number of amides is 1. The number of nitrogens with two attached hydrogens (primary N) is 1. The van der Waals surface area contributed by atoms with Crippen LogP contribution in [0.25, 0.3) is 0 Å². The maximum atomic E-state index is 12.6. The molecule has 4 rings (SSSR count). The molecule has 0 unspecified atom stereocenters. The second-order valence-electron chi connectivity index (χ2n) is 9.33. The Morgan fingerprint density at radius 2 is 2.00 bits per heavy atom. The molecule has 3 N–H and O–H groups in total. The number of hydrogen-bond acceptors (Lipinski definition) is 4. The van der Waals surface area contributed by atoms with Gasteiger partial charge in [-0.15, -0.1) is 0 Å². The first kappa shape index (κ1) is 18.9. The molecule has 0 spiro atoms. The summed E-state index contributed by atoms with van der Waals surface area (Å²) in [5.41, 5.74) is 8.46. The number of aromatic nitrogens is 2. The van der Waals surface area contributed by atoms with Crippen LogP contribution in [0.5, 0.6) is 0 Å². The van der Waals surface area contributed by atoms with Gasteiger partial charge in [-0.1, -0.05) is 0 Å². The molecule has 150 valence electrons. The van der Waals surface area contributed by atoms with E-state index in [0.717, 1.165) is 50.6 Å². The van der Waals surface area contributed by atoms with Crippen molar-refractivity contribution in [3.63, 3.8) is 0 Å². The number of nitrogens with zero attached hydrogens (tertiary/aromatic N) is 3. The predicted octanol–water partition coefficient (Wildman–Crippen LogP) is 1.99. The molecule has 1 aliphatic heterocycles. The standard InChI is InChI=1S/C21H35N5O/c1-15-9-16(2)26(24-15)14-21(7-8-21)13-23-20(27)10-18-5-6-19(11-22)25(18)12-17-3-4-17/h9,17-19H,3-8,10-14,22H2,1-2H3,(H,23,27)/t18-,19+/m0/s1. The molecule has 1 amide bonds. The highest BCUT2D eigenvalue weighted by atomic mass is 16.1. The van der Waals surface area contributed by atoms with E-state index < -0.39 is 0 Å². The molecule has 0 radical (unpaired) electrons. The highest BCUT2D eigenvalue weighted by Gasteiger charge is 2.44. The Bertz CT molecular complexity index is 676. The molecule has 6 heteroatoms. The minimum Gasteiger partial charge on any atom is -0.355 e. The first-order valence-corrected chi connectivity index (χ1v) is 10.7. The molecule has 1 aromatic rings. The smallest absolute Gasteiger partial charge is 0.221 e. The summed E-state index contributed by atoms with van der Waals surface area (Å²) in [7, 11) is 0. The van der Waals surface area contributed by atoms with Crippen LogP contribution in [0.4, 0.5) is 0 Å². The molecule has 1 saturated heterocycles. The van der Waals surface area contributed by atoms with Gasteiger partial charge in [0.1, 0.15) is 0 Å². The van der Waals surface area contributed by atoms with Crippen LogP contribution in [-0.2, 0) is 11.3 Å². The Morgan fingerprint density at radius 3 is 2.59 bits per heavy atom. The number of carbonyl (C=O) groups excluding carboxylic acids is 1. The van der Waals surface area contributed by atoms with E-state index >= 15 is 0 Å². The molecular formula is C21H35N5O. The summed E-state index contributed by atoms with van der Waals surface area (Å²) in [6.07, 6.45) is 7.93. The quantitative estimate of drug-likeness (QED) is 0.694. The highest BCUT2D eigenvalue weighted by Crippen LogP contribution is 2.46. The van der Waals surface area contributed by atoms with Gasteiger partial charge in [0.05, 0.1) is 5.69 Å². The monoisotopic (exact) mass is 373 g/mol. The van der Waals surface area contributed by atoms with E-state index in [0.29, 0.717) is 18.5 Å². The van der Waals surface area contributed by atoms with Crippen molar-refractivity contribution in [2.24, 2.45) is 17.1 Å². The van der Waals surface area contributed by atoms with Crippen LogP contribution in [-0.4, -0.2) is 52.3 Å². The van der Waals surface area contributed by atoms with Gasteiger partial charge in [0, 0.05) is 55.8 Å². The van der Waals surface area contributed by atoms with E-state index in [4.69, 9.17) is 5.73 Å². The lowest BCUT2D eigenvalue weighted by atomic mass is 10.1. The van der Waals surface area contributed by atoms with Crippen molar-refractivity contribution >= 4 is 5.91 Å². The van der Waals surface area contributed by atoms with Crippen LogP contribution >= 0.6 is 0 Å². The Balaban J connectivity index is 1.27. The van der Waals surface area contributed by atoms with Gasteiger partial charge in [-0.3, -0.25) is 14.4 Å². The summed E-state index contributed by atoms with van der Waals surface area (Å²) in [5.74, 6) is 1.05. The molecule has 3 fully saturated rings. The summed E-state index contributed by atoms with van der Waals surface area (Å²) in [4.78, 5) is 15.2. The summed E-state index contributed by atoms with van der Waals surface area (Å²) >= 11 is 0. The van der Waals surface area contributed by atoms with Crippen LogP contribution in [0.3, 0.4) is 0 Å². The van der Waals surface area contributed by atoms with Gasteiger partial charge in [-0.2, -0.15) is 5.10 Å². The SMILES string of the molecule is Cc1cc(C)n(CC2(CNC(=O)C[C@@H]3CC[C@H](CN)N3CC3CC3)CC2)n1. The number of likely N-dealkylation sites (tertiary alicyclic amines) is 1. The summed E-state index contributed by atoms with van der Waals surface area (Å²) < 4.78 is 2.11. The molecule has 1 aromatic heterocycles. The molecule has 6 nitrogen and oxygen atoms in total. The average molecular weight is 374 g/mol. The van der Waals surface area contributed by atoms with Gasteiger partial charge in [0.15, 0.2) is 0 Å². The molecule has 0 aromatic carbocycles. The van der Waals surface area contributed by atoms with Crippen LogP contribution in [0.2, 0.25) is 0 Å². The normalized spacial score (nSPS) is 27.1. The van der Waals surface area contributed by atoms with Crippen LogP contribution < -0.4 is 11.1 Å². The van der Waals surface area contributed by atoms with Crippen molar-refractivity contribution in [2.45, 2.75) is 77.4 Å². The fourth-order valence-electron chi connectivity index (χ4n) is 4.68. The van der Waals surface area contributed by atoms with Crippen LogP contribution in [0.1, 0.15) is 56.3 Å². The Labute approximate surface area is 162 Å². The van der Waals surface area contributed by atoms with Crippen molar-refractivity contribution in [2.75, 3.05) is 19.6 Å². The van der Waals surface area contributed by atoms with E-state index in [2.05, 4.69) is 33.0 Å². The molecule has 2 atom stereocenters. The lowest BCUT2D eigenvalue weighted by molar-refractivity contribution is -0.122. The molecule has 3 aliphatic rings. The molecular weight excluding hydrogens is 338 g/mol. The third-order valence-electron chi connectivity index (χ3n) is 6.84. The molecule has 2 aliphatic carbocycles. The Hall–Kier alpha value is -1.40. The minimum absolute atomic E-state index is 0.207. The summed E-state index contributed by atoms with van der Waals surface area (Å²) in [6, 6.07) is 2.98. The van der Waals surface area contributed by atoms with E-state index in [9.17, 15) is 4.79 Å². The lowest BCUT2D eigenvalue weighted by Gasteiger charge is -2.29. The number of aryl methyl sites for hydroxylation is 2. The minimum atomic E-state index is 0.207. The van der Waals surface area contributed by atoms with Gasteiger partial charge in [0.2, 0.25) is 5.91 Å². The zero-order valence-electron chi connectivity index (χ0n) is 16.9. The van der Waals surface area contributed by atoms with Gasteiger partial charge >= 0.3 is 0 Å². The fourth-order valence-corrected chi connectivity index (χ4v) is 4.68. The topological polar surface area (TPSA) is 76.2 Å². The maximum Gasteiger partial charge on any atom is 0.221 e. The molecule has 0 bridgehead atoms. The molecule has 27 heavy (non-hydrogen) atoms. The van der Waals surface area contributed by atoms with Crippen LogP contribution in [0, 0.1) is 25.2 Å². The predicted molar refractivity (Wildman–Crippen MR) is 106 cm³/mol. The second-order valence-corrected chi connectivity index (χ2v) is 9.33. The van der Waals surface area contributed by atoms with E-state index in [-0.39, 0.29) is 11.3 Å². The average Bonchev–Trinajstić information content (AvgIpc) is 3.53. The Kier molecular flexibility index (Phi) is 5.30. The Morgan fingerprint density at radius 1 is 1.26 bits per heavy atom. The highest BCUT2D eigenvalue weighted by molar-refractivity contribution is 5.76. The second kappa shape index (κ2) is 7.55. The van der Waals surface area contributed by atoms with Crippen molar-refractivity contribution < 1.29 is 4.79 Å². The zero-order chi connectivity index (χ0) is 19.0. The van der Waals surface area contributed by atoms with E-state index in [1.54, 1.807) is 0 Å². The number of carbonyl (C=O) groups is 1. The maximum absolute atomic E-state index is 12.6. The van der Waals surface area contributed by atoms with Gasteiger partial charge < -0.3 is 11.1 Å². The van der Waals surface area contributed by atoms with Crippen molar-refractivity contribution in [1.82, 2.24) is 20.0 Å². The largest absolute Gasteiger partial charge is 0.355 e. The summed E-state index contributed by atoms with van der Waals surface area (Å²) in [5, 5.41) is 7.84. The van der Waals surface area contributed by atoms with Gasteiger partial charge in [-0.25, -0.2) is 0 Å². The van der Waals surface area contributed by atoms with Gasteiger partial charge in [0.25, 0.3) is 0 Å². The number of nitrogens with one attached hydrogen (secondary N) is 1. The van der Waals surface area contributed by atoms with Crippen molar-refractivity contribution in [3.8, 4) is 0 Å². The van der Waals surface area contributed by atoms with E-state index in [1.807, 2.05) is 6.92 Å². The third kappa shape index (κ3) is 4.54. The van der Waals surface area contributed by atoms with Crippen molar-refractivity contribution in [3.05, 3.63) is 17.5 Å².